The first-order valence-electron chi connectivity index (χ1n) is 6.20. The number of aliphatic hydroxyl groups excluding tert-OH is 1. The molecular formula is C14H15BrOS2. The summed E-state index contributed by atoms with van der Waals surface area (Å²) in [6.07, 6.45) is 4.52. The van der Waals surface area contributed by atoms with Gasteiger partial charge in [0.25, 0.3) is 0 Å². The third kappa shape index (κ3) is 2.31. The molecule has 1 aliphatic rings. The molecule has 96 valence electrons. The van der Waals surface area contributed by atoms with E-state index in [2.05, 4.69) is 35.0 Å². The largest absolute Gasteiger partial charge is 0.382 e. The minimum Gasteiger partial charge on any atom is -0.382 e. The van der Waals surface area contributed by atoms with Gasteiger partial charge in [0, 0.05) is 14.6 Å². The second-order valence-corrected chi connectivity index (χ2v) is 8.38. The molecule has 2 aromatic heterocycles. The molecule has 1 nitrogen and oxygen atoms in total. The minimum atomic E-state index is -0.449. The molecule has 2 heterocycles. The van der Waals surface area contributed by atoms with Crippen LogP contribution in [0.1, 0.15) is 44.7 Å². The number of rotatable bonds is 2. The maximum Gasteiger partial charge on any atom is 0.122 e. The van der Waals surface area contributed by atoms with Gasteiger partial charge in [-0.25, -0.2) is 0 Å². The molecule has 0 amide bonds. The van der Waals surface area contributed by atoms with Crippen molar-refractivity contribution >= 4 is 38.6 Å². The lowest BCUT2D eigenvalue weighted by Crippen LogP contribution is -1.96. The van der Waals surface area contributed by atoms with Gasteiger partial charge in [-0.3, -0.25) is 0 Å². The van der Waals surface area contributed by atoms with Crippen molar-refractivity contribution in [1.82, 2.24) is 0 Å². The first-order valence-corrected chi connectivity index (χ1v) is 8.63. The van der Waals surface area contributed by atoms with Crippen LogP contribution in [0.4, 0.5) is 0 Å². The van der Waals surface area contributed by atoms with E-state index in [9.17, 15) is 5.11 Å². The maximum absolute atomic E-state index is 10.5. The third-order valence-corrected chi connectivity index (χ3v) is 6.91. The highest BCUT2D eigenvalue weighted by Crippen LogP contribution is 2.39. The molecule has 0 bridgehead atoms. The topological polar surface area (TPSA) is 20.2 Å². The van der Waals surface area contributed by atoms with Crippen LogP contribution in [0, 0.1) is 6.92 Å². The average Bonchev–Trinajstić information content (AvgIpc) is 2.93. The Bertz CT molecular complexity index is 527. The first kappa shape index (κ1) is 12.9. The Balaban J connectivity index is 1.92. The van der Waals surface area contributed by atoms with E-state index in [1.807, 2.05) is 0 Å². The number of aliphatic hydroxyl groups is 1. The predicted octanol–water partition coefficient (Wildman–Crippen LogP) is 4.84. The molecule has 0 aliphatic heterocycles. The van der Waals surface area contributed by atoms with E-state index in [1.54, 1.807) is 22.7 Å². The van der Waals surface area contributed by atoms with E-state index in [-0.39, 0.29) is 0 Å². The van der Waals surface area contributed by atoms with Crippen molar-refractivity contribution in [2.24, 2.45) is 0 Å². The highest BCUT2D eigenvalue weighted by molar-refractivity contribution is 9.11. The maximum atomic E-state index is 10.5. The average molecular weight is 343 g/mol. The van der Waals surface area contributed by atoms with Gasteiger partial charge in [-0.2, -0.15) is 0 Å². The number of thiophene rings is 2. The van der Waals surface area contributed by atoms with Gasteiger partial charge >= 0.3 is 0 Å². The summed E-state index contributed by atoms with van der Waals surface area (Å²) in [5, 5.41) is 10.5. The van der Waals surface area contributed by atoms with Crippen molar-refractivity contribution in [2.45, 2.75) is 38.7 Å². The Morgan fingerprint density at radius 2 is 1.89 bits per heavy atom. The molecule has 0 spiro atoms. The molecule has 1 unspecified atom stereocenters. The summed E-state index contributed by atoms with van der Waals surface area (Å²) >= 11 is 6.96. The van der Waals surface area contributed by atoms with Crippen LogP contribution in [0.2, 0.25) is 0 Å². The Labute approximate surface area is 124 Å². The molecule has 3 rings (SSSR count). The van der Waals surface area contributed by atoms with E-state index in [0.29, 0.717) is 0 Å². The van der Waals surface area contributed by atoms with Gasteiger partial charge in [-0.05, 0) is 71.8 Å². The summed E-state index contributed by atoms with van der Waals surface area (Å²) in [6.45, 7) is 2.07. The van der Waals surface area contributed by atoms with Gasteiger partial charge in [-0.15, -0.1) is 22.7 Å². The molecule has 0 aromatic carbocycles. The summed E-state index contributed by atoms with van der Waals surface area (Å²) in [5.41, 5.74) is 2.67. The SMILES string of the molecule is Cc1cc(C(O)c2cc3c(s2)CCCC3)sc1Br. The van der Waals surface area contributed by atoms with Gasteiger partial charge in [-0.1, -0.05) is 0 Å². The van der Waals surface area contributed by atoms with Gasteiger partial charge in [0.2, 0.25) is 0 Å². The van der Waals surface area contributed by atoms with Crippen LogP contribution >= 0.6 is 38.6 Å². The minimum absolute atomic E-state index is 0.449. The zero-order chi connectivity index (χ0) is 12.7. The molecule has 2 aromatic rings. The summed E-state index contributed by atoms with van der Waals surface area (Å²) in [4.78, 5) is 3.64. The van der Waals surface area contributed by atoms with Crippen molar-refractivity contribution in [3.05, 3.63) is 41.7 Å². The van der Waals surface area contributed by atoms with E-state index < -0.39 is 6.10 Å². The van der Waals surface area contributed by atoms with Gasteiger partial charge in [0.1, 0.15) is 6.10 Å². The molecular weight excluding hydrogens is 328 g/mol. The molecule has 0 saturated heterocycles. The second-order valence-electron chi connectivity index (χ2n) is 4.81. The molecule has 0 fully saturated rings. The van der Waals surface area contributed by atoms with Gasteiger partial charge < -0.3 is 5.11 Å². The lowest BCUT2D eigenvalue weighted by Gasteiger charge is -2.08. The van der Waals surface area contributed by atoms with E-state index >= 15 is 0 Å². The van der Waals surface area contributed by atoms with Crippen LogP contribution in [0.25, 0.3) is 0 Å². The third-order valence-electron chi connectivity index (χ3n) is 3.43. The van der Waals surface area contributed by atoms with Gasteiger partial charge in [0.05, 0.1) is 3.79 Å². The molecule has 1 N–H and O–H groups in total. The second kappa shape index (κ2) is 5.08. The first-order chi connectivity index (χ1) is 8.65. The monoisotopic (exact) mass is 342 g/mol. The quantitative estimate of drug-likeness (QED) is 0.827. The number of fused-ring (bicyclic) bond motifs is 1. The summed E-state index contributed by atoms with van der Waals surface area (Å²) in [6, 6.07) is 4.30. The fourth-order valence-electron chi connectivity index (χ4n) is 2.41. The molecule has 1 atom stereocenters. The Hall–Kier alpha value is -0.160. The smallest absolute Gasteiger partial charge is 0.122 e. The summed E-state index contributed by atoms with van der Waals surface area (Å²) in [5.74, 6) is 0. The zero-order valence-corrected chi connectivity index (χ0v) is 13.4. The zero-order valence-electron chi connectivity index (χ0n) is 10.2. The van der Waals surface area contributed by atoms with E-state index in [4.69, 9.17) is 0 Å². The number of hydrogen-bond acceptors (Lipinski definition) is 3. The van der Waals surface area contributed by atoms with Crippen LogP contribution in [0.5, 0.6) is 0 Å². The lowest BCUT2D eigenvalue weighted by molar-refractivity contribution is 0.228. The fourth-order valence-corrected chi connectivity index (χ4v) is 5.32. The predicted molar refractivity (Wildman–Crippen MR) is 81.8 cm³/mol. The van der Waals surface area contributed by atoms with Crippen LogP contribution in [-0.4, -0.2) is 5.11 Å². The molecule has 0 radical (unpaired) electrons. The standard InChI is InChI=1S/C14H15BrOS2/c1-8-6-11(18-14(8)15)13(16)12-7-9-4-2-3-5-10(9)17-12/h6-7,13,16H,2-5H2,1H3. The van der Waals surface area contributed by atoms with Crippen LogP contribution in [-0.2, 0) is 12.8 Å². The normalized spacial score (nSPS) is 16.6. The number of hydrogen-bond donors (Lipinski definition) is 1. The molecule has 4 heteroatoms. The summed E-state index contributed by atoms with van der Waals surface area (Å²) < 4.78 is 1.12. The van der Waals surface area contributed by atoms with E-state index in [1.165, 1.54) is 41.7 Å². The van der Waals surface area contributed by atoms with Crippen LogP contribution < -0.4 is 0 Å². The summed E-state index contributed by atoms with van der Waals surface area (Å²) in [7, 11) is 0. The highest BCUT2D eigenvalue weighted by Gasteiger charge is 2.20. The Morgan fingerprint density at radius 1 is 1.17 bits per heavy atom. The number of halogens is 1. The van der Waals surface area contributed by atoms with Crippen molar-refractivity contribution < 1.29 is 5.11 Å². The molecule has 18 heavy (non-hydrogen) atoms. The highest BCUT2D eigenvalue weighted by atomic mass is 79.9. The molecule has 0 saturated carbocycles. The van der Waals surface area contributed by atoms with Gasteiger partial charge in [0.15, 0.2) is 0 Å². The Kier molecular flexibility index (Phi) is 3.63. The molecule has 1 aliphatic carbocycles. The fraction of sp³-hybridized carbons (Fsp3) is 0.429. The van der Waals surface area contributed by atoms with Crippen molar-refractivity contribution in [2.75, 3.05) is 0 Å². The van der Waals surface area contributed by atoms with Crippen molar-refractivity contribution in [1.29, 1.82) is 0 Å². The lowest BCUT2D eigenvalue weighted by atomic mass is 9.99. The Morgan fingerprint density at radius 3 is 2.56 bits per heavy atom. The van der Waals surface area contributed by atoms with E-state index in [0.717, 1.165) is 13.5 Å². The van der Waals surface area contributed by atoms with Crippen molar-refractivity contribution in [3.8, 4) is 0 Å². The van der Waals surface area contributed by atoms with Crippen LogP contribution in [0.15, 0.2) is 15.9 Å². The number of aryl methyl sites for hydroxylation is 3. The van der Waals surface area contributed by atoms with Crippen LogP contribution in [0.3, 0.4) is 0 Å². The van der Waals surface area contributed by atoms with Crippen molar-refractivity contribution in [3.63, 3.8) is 0 Å².